The fourth-order valence-electron chi connectivity index (χ4n) is 1.93. The molecule has 0 aliphatic heterocycles. The second-order valence-electron chi connectivity index (χ2n) is 4.82. The Labute approximate surface area is 162 Å². The Morgan fingerprint density at radius 1 is 0.607 bits per heavy atom. The Morgan fingerprint density at radius 2 is 0.929 bits per heavy atom. The Balaban J connectivity index is 2.67. The van der Waals surface area contributed by atoms with Gasteiger partial charge in [-0.2, -0.15) is 0 Å². The van der Waals surface area contributed by atoms with Crippen molar-refractivity contribution in [2.75, 3.05) is 0 Å². The lowest BCUT2D eigenvalue weighted by molar-refractivity contribution is -0.394. The summed E-state index contributed by atoms with van der Waals surface area (Å²) in [6.07, 6.45) is 0. The smallest absolute Gasteiger partial charge is 0.258 e. The molecule has 144 valence electrons. The Morgan fingerprint density at radius 3 is 1.18 bits per heavy atom. The second kappa shape index (κ2) is 7.85. The number of hydrogen-bond donors (Lipinski definition) is 0. The number of hydrogen-bond acceptors (Lipinski definition) is 10. The molecular weight excluding hydrogens is 427 g/mol. The van der Waals surface area contributed by atoms with Crippen molar-refractivity contribution in [3.05, 3.63) is 74.8 Å². The topological polar surface area (TPSA) is 197 Å². The van der Waals surface area contributed by atoms with Crippen molar-refractivity contribution >= 4 is 57.3 Å². The van der Waals surface area contributed by atoms with Crippen molar-refractivity contribution in [3.63, 3.8) is 0 Å². The predicted octanol–water partition coefficient (Wildman–Crippen LogP) is 5.04. The monoisotopic (exact) mass is 430 g/mol. The highest BCUT2D eigenvalue weighted by molar-refractivity contribution is 6.34. The van der Waals surface area contributed by atoms with Crippen LogP contribution in [0.15, 0.2) is 34.5 Å². The Kier molecular flexibility index (Phi) is 5.75. The van der Waals surface area contributed by atoms with Crippen LogP contribution in [0.4, 0.5) is 34.1 Å². The summed E-state index contributed by atoms with van der Waals surface area (Å²) in [7, 11) is 0. The normalized spacial score (nSPS) is 10.8. The molecule has 0 radical (unpaired) electrons. The fourth-order valence-corrected chi connectivity index (χ4v) is 2.42. The van der Waals surface area contributed by atoms with E-state index in [4.69, 9.17) is 23.2 Å². The van der Waals surface area contributed by atoms with E-state index < -0.39 is 63.9 Å². The van der Waals surface area contributed by atoms with Gasteiger partial charge in [0, 0.05) is 12.1 Å². The lowest BCUT2D eigenvalue weighted by Gasteiger charge is -2.02. The third kappa shape index (κ3) is 4.13. The van der Waals surface area contributed by atoms with Crippen LogP contribution in [0, 0.1) is 40.5 Å². The van der Waals surface area contributed by atoms with Gasteiger partial charge in [0.25, 0.3) is 11.4 Å². The van der Waals surface area contributed by atoms with E-state index in [9.17, 15) is 40.5 Å². The van der Waals surface area contributed by atoms with Crippen LogP contribution in [0.5, 0.6) is 0 Å². The first kappa shape index (κ1) is 20.5. The molecule has 0 amide bonds. The molecule has 0 aromatic heterocycles. The van der Waals surface area contributed by atoms with Gasteiger partial charge in [-0.25, -0.2) is 0 Å². The molecule has 0 unspecified atom stereocenters. The summed E-state index contributed by atoms with van der Waals surface area (Å²) >= 11 is 11.6. The minimum Gasteiger partial charge on any atom is -0.258 e. The predicted molar refractivity (Wildman–Crippen MR) is 93.7 cm³/mol. The zero-order valence-electron chi connectivity index (χ0n) is 13.0. The first-order chi connectivity index (χ1) is 13.0. The van der Waals surface area contributed by atoms with Crippen LogP contribution in [0.2, 0.25) is 10.0 Å². The zero-order valence-corrected chi connectivity index (χ0v) is 14.5. The number of nitro groups is 4. The van der Waals surface area contributed by atoms with Crippen LogP contribution < -0.4 is 0 Å². The van der Waals surface area contributed by atoms with Crippen molar-refractivity contribution in [2.24, 2.45) is 10.2 Å². The molecule has 0 spiro atoms. The van der Waals surface area contributed by atoms with Gasteiger partial charge < -0.3 is 0 Å². The standard InChI is InChI=1S/C12H4Cl2N6O8/c13-7-1-5(17(21)22)3-9(19(25)26)11(7)15-16-12-8(14)2-6(18(23)24)4-10(12)20(27)28/h1-4H. The van der Waals surface area contributed by atoms with E-state index in [0.29, 0.717) is 12.1 Å². The molecule has 0 saturated carbocycles. The summed E-state index contributed by atoms with van der Waals surface area (Å²) in [5.74, 6) is 0. The maximum Gasteiger partial charge on any atom is 0.305 e. The van der Waals surface area contributed by atoms with Crippen LogP contribution in [-0.2, 0) is 0 Å². The molecule has 0 N–H and O–H groups in total. The van der Waals surface area contributed by atoms with E-state index in [-0.39, 0.29) is 0 Å². The summed E-state index contributed by atoms with van der Waals surface area (Å²) in [6.45, 7) is 0. The van der Waals surface area contributed by atoms with E-state index in [1.165, 1.54) is 0 Å². The van der Waals surface area contributed by atoms with E-state index in [2.05, 4.69) is 10.2 Å². The SMILES string of the molecule is O=[N+]([O-])c1cc(Cl)c(N=Nc2c(Cl)cc([N+](=O)[O-])cc2[N+](=O)[O-])c([N+](=O)[O-])c1. The Hall–Kier alpha value is -3.78. The minimum absolute atomic E-state index is 0.523. The highest BCUT2D eigenvalue weighted by Gasteiger charge is 2.26. The van der Waals surface area contributed by atoms with E-state index in [1.807, 2.05) is 0 Å². The van der Waals surface area contributed by atoms with Crippen LogP contribution in [-0.4, -0.2) is 19.7 Å². The van der Waals surface area contributed by atoms with Gasteiger partial charge in [-0.3, -0.25) is 40.5 Å². The van der Waals surface area contributed by atoms with Crippen molar-refractivity contribution < 1.29 is 19.7 Å². The van der Waals surface area contributed by atoms with Gasteiger partial charge in [0.05, 0.1) is 41.9 Å². The van der Waals surface area contributed by atoms with E-state index in [1.54, 1.807) is 0 Å². The molecule has 0 fully saturated rings. The molecule has 16 heteroatoms. The third-order valence-electron chi connectivity index (χ3n) is 3.12. The highest BCUT2D eigenvalue weighted by Crippen LogP contribution is 2.43. The maximum absolute atomic E-state index is 11.1. The van der Waals surface area contributed by atoms with Gasteiger partial charge in [0.1, 0.15) is 0 Å². The summed E-state index contributed by atoms with van der Waals surface area (Å²) in [5, 5.41) is 49.7. The second-order valence-corrected chi connectivity index (χ2v) is 5.63. The van der Waals surface area contributed by atoms with Crippen LogP contribution in [0.25, 0.3) is 0 Å². The summed E-state index contributed by atoms with van der Waals surface area (Å²) in [5.41, 5.74) is -4.39. The number of rotatable bonds is 6. The average molecular weight is 431 g/mol. The van der Waals surface area contributed by atoms with Crippen LogP contribution in [0.1, 0.15) is 0 Å². The third-order valence-corrected chi connectivity index (χ3v) is 3.70. The summed E-state index contributed by atoms with van der Waals surface area (Å²) in [6, 6.07) is 2.70. The van der Waals surface area contributed by atoms with Crippen LogP contribution >= 0.6 is 23.2 Å². The number of benzene rings is 2. The Bertz CT molecular complexity index is 989. The molecule has 14 nitrogen and oxygen atoms in total. The molecule has 2 rings (SSSR count). The average Bonchev–Trinajstić information content (AvgIpc) is 2.59. The molecule has 0 atom stereocenters. The number of non-ortho nitro benzene ring substituents is 2. The van der Waals surface area contributed by atoms with Gasteiger partial charge in [-0.05, 0) is 0 Å². The number of azo groups is 1. The number of nitro benzene ring substituents is 4. The number of halogens is 2. The minimum atomic E-state index is -1.01. The first-order valence-corrected chi connectivity index (χ1v) is 7.45. The van der Waals surface area contributed by atoms with Crippen molar-refractivity contribution in [1.29, 1.82) is 0 Å². The van der Waals surface area contributed by atoms with Gasteiger partial charge in [0.15, 0.2) is 11.4 Å². The van der Waals surface area contributed by atoms with Crippen molar-refractivity contribution in [2.45, 2.75) is 0 Å². The van der Waals surface area contributed by atoms with Crippen molar-refractivity contribution in [1.82, 2.24) is 0 Å². The van der Waals surface area contributed by atoms with Gasteiger partial charge in [-0.15, -0.1) is 10.2 Å². The molecular formula is C12H4Cl2N6O8. The molecule has 0 heterocycles. The zero-order chi connectivity index (χ0) is 21.2. The molecule has 2 aromatic rings. The molecule has 0 aliphatic carbocycles. The largest absolute Gasteiger partial charge is 0.305 e. The van der Waals surface area contributed by atoms with Crippen LogP contribution in [0.3, 0.4) is 0 Å². The quantitative estimate of drug-likeness (QED) is 0.344. The van der Waals surface area contributed by atoms with Gasteiger partial charge in [-0.1, -0.05) is 23.2 Å². The molecule has 0 bridgehead atoms. The molecule has 0 aliphatic rings. The summed E-state index contributed by atoms with van der Waals surface area (Å²) < 4.78 is 0. The van der Waals surface area contributed by atoms with Gasteiger partial charge >= 0.3 is 11.4 Å². The highest BCUT2D eigenvalue weighted by atomic mass is 35.5. The van der Waals surface area contributed by atoms with E-state index in [0.717, 1.165) is 12.1 Å². The lowest BCUT2D eigenvalue weighted by Crippen LogP contribution is -1.94. The molecule has 28 heavy (non-hydrogen) atoms. The number of nitrogens with zero attached hydrogens (tertiary/aromatic N) is 6. The van der Waals surface area contributed by atoms with Crippen molar-refractivity contribution in [3.8, 4) is 0 Å². The van der Waals surface area contributed by atoms with E-state index >= 15 is 0 Å². The van der Waals surface area contributed by atoms with Gasteiger partial charge in [0.2, 0.25) is 0 Å². The first-order valence-electron chi connectivity index (χ1n) is 6.69. The maximum atomic E-state index is 11.1. The molecule has 2 aromatic carbocycles. The molecule has 0 saturated heterocycles. The summed E-state index contributed by atoms with van der Waals surface area (Å²) in [4.78, 5) is 40.0. The lowest BCUT2D eigenvalue weighted by atomic mass is 10.2. The fraction of sp³-hybridized carbons (Fsp3) is 0.